The standard InChI is InChI=1S/C25H18F3N3O5S/c1-4-9-35-22(33)13-36-16-7-5-14(2)17(11-16)23-18-10-15(6-8-19(18)37-29-23)31-21(32)12-20(25(26,27)28)30(3)24(31)34/h1,5-8,10-12H,9,13H2,2-3H3. The number of ether oxygens (including phenoxy) is 2. The van der Waals surface area contributed by atoms with Crippen LogP contribution in [-0.2, 0) is 22.8 Å². The van der Waals surface area contributed by atoms with E-state index < -0.39 is 29.1 Å². The van der Waals surface area contributed by atoms with Crippen molar-refractivity contribution >= 4 is 27.6 Å². The molecule has 37 heavy (non-hydrogen) atoms. The molecule has 0 aliphatic heterocycles. The number of halogens is 3. The summed E-state index contributed by atoms with van der Waals surface area (Å²) in [6, 6.07) is 10.1. The Bertz CT molecular complexity index is 1680. The number of alkyl halides is 3. The molecule has 2 heterocycles. The highest BCUT2D eigenvalue weighted by molar-refractivity contribution is 7.13. The van der Waals surface area contributed by atoms with E-state index in [9.17, 15) is 27.6 Å². The molecule has 0 bridgehead atoms. The number of hydrogen-bond donors (Lipinski definition) is 0. The van der Waals surface area contributed by atoms with Crippen molar-refractivity contribution in [3.63, 3.8) is 0 Å². The van der Waals surface area contributed by atoms with Gasteiger partial charge < -0.3 is 9.47 Å². The molecule has 0 saturated carbocycles. The van der Waals surface area contributed by atoms with Crippen molar-refractivity contribution in [2.24, 2.45) is 7.05 Å². The molecule has 0 amide bonds. The number of carbonyl (C=O) groups is 1. The molecule has 4 rings (SSSR count). The zero-order valence-electron chi connectivity index (χ0n) is 19.5. The van der Waals surface area contributed by atoms with Crippen LogP contribution in [0.4, 0.5) is 13.2 Å². The van der Waals surface area contributed by atoms with E-state index >= 15 is 0 Å². The Kier molecular flexibility index (Phi) is 6.91. The predicted octanol–water partition coefficient (Wildman–Crippen LogP) is 3.70. The van der Waals surface area contributed by atoms with E-state index in [1.807, 2.05) is 6.92 Å². The lowest BCUT2D eigenvalue weighted by atomic mass is 10.0. The van der Waals surface area contributed by atoms with Gasteiger partial charge >= 0.3 is 17.8 Å². The monoisotopic (exact) mass is 529 g/mol. The second-order valence-electron chi connectivity index (χ2n) is 7.88. The van der Waals surface area contributed by atoms with E-state index in [0.717, 1.165) is 17.3 Å². The first-order chi connectivity index (χ1) is 17.5. The first kappa shape index (κ1) is 25.7. The molecular formula is C25H18F3N3O5S. The second kappa shape index (κ2) is 9.94. The molecule has 0 spiro atoms. The predicted molar refractivity (Wildman–Crippen MR) is 131 cm³/mol. The van der Waals surface area contributed by atoms with E-state index in [-0.39, 0.29) is 18.9 Å². The highest BCUT2D eigenvalue weighted by Crippen LogP contribution is 2.35. The molecule has 0 saturated heterocycles. The molecule has 0 radical (unpaired) electrons. The van der Waals surface area contributed by atoms with Crippen LogP contribution in [0.25, 0.3) is 27.0 Å². The lowest BCUT2D eigenvalue weighted by Crippen LogP contribution is -2.40. The van der Waals surface area contributed by atoms with Gasteiger partial charge in [-0.15, -0.1) is 6.42 Å². The van der Waals surface area contributed by atoms with Gasteiger partial charge in [-0.2, -0.15) is 17.5 Å². The molecule has 190 valence electrons. The molecule has 0 unspecified atom stereocenters. The number of esters is 1. The molecule has 0 N–H and O–H groups in total. The third-order valence-electron chi connectivity index (χ3n) is 5.46. The van der Waals surface area contributed by atoms with Crippen molar-refractivity contribution in [2.45, 2.75) is 13.1 Å². The summed E-state index contributed by atoms with van der Waals surface area (Å²) in [5.74, 6) is 1.92. The quantitative estimate of drug-likeness (QED) is 0.280. The summed E-state index contributed by atoms with van der Waals surface area (Å²) in [5, 5.41) is 0.574. The topological polar surface area (TPSA) is 92.4 Å². The zero-order chi connectivity index (χ0) is 26.9. The average Bonchev–Trinajstić information content (AvgIpc) is 3.27. The van der Waals surface area contributed by atoms with Crippen molar-refractivity contribution in [2.75, 3.05) is 13.2 Å². The minimum atomic E-state index is -4.86. The molecule has 0 fully saturated rings. The van der Waals surface area contributed by atoms with E-state index in [0.29, 0.717) is 37.6 Å². The maximum atomic E-state index is 13.2. The number of aryl methyl sites for hydroxylation is 1. The van der Waals surface area contributed by atoms with E-state index in [4.69, 9.17) is 15.9 Å². The molecule has 0 aliphatic carbocycles. The summed E-state index contributed by atoms with van der Waals surface area (Å²) in [6.45, 7) is 1.32. The van der Waals surface area contributed by atoms with Gasteiger partial charge in [0.25, 0.3) is 5.56 Å². The maximum Gasteiger partial charge on any atom is 0.431 e. The molecule has 2 aromatic heterocycles. The van der Waals surface area contributed by atoms with E-state index in [1.165, 1.54) is 23.7 Å². The Labute approximate surface area is 211 Å². The van der Waals surface area contributed by atoms with Gasteiger partial charge in [-0.25, -0.2) is 14.2 Å². The summed E-state index contributed by atoms with van der Waals surface area (Å²) in [5.41, 5.74) is -1.50. The molecule has 12 heteroatoms. The number of aromatic nitrogens is 3. The number of terminal acetylenes is 1. The van der Waals surface area contributed by atoms with Crippen LogP contribution in [0.1, 0.15) is 11.3 Å². The third kappa shape index (κ3) is 5.12. The van der Waals surface area contributed by atoms with Crippen LogP contribution in [0.15, 0.2) is 52.1 Å². The maximum absolute atomic E-state index is 13.2. The van der Waals surface area contributed by atoms with Gasteiger partial charge in [0.2, 0.25) is 0 Å². The van der Waals surface area contributed by atoms with Crippen LogP contribution in [0.2, 0.25) is 0 Å². The van der Waals surface area contributed by atoms with Gasteiger partial charge in [-0.05, 0) is 54.4 Å². The first-order valence-electron chi connectivity index (χ1n) is 10.6. The van der Waals surface area contributed by atoms with Crippen molar-refractivity contribution in [3.8, 4) is 35.0 Å². The van der Waals surface area contributed by atoms with Crippen LogP contribution in [0.5, 0.6) is 5.75 Å². The van der Waals surface area contributed by atoms with Crippen LogP contribution in [0.3, 0.4) is 0 Å². The summed E-state index contributed by atoms with van der Waals surface area (Å²) in [6.07, 6.45) is 0.201. The van der Waals surface area contributed by atoms with Crippen LogP contribution in [0, 0.1) is 19.3 Å². The zero-order valence-corrected chi connectivity index (χ0v) is 20.3. The molecule has 4 aromatic rings. The largest absolute Gasteiger partial charge is 0.482 e. The summed E-state index contributed by atoms with van der Waals surface area (Å²) in [7, 11) is 0.953. The fourth-order valence-electron chi connectivity index (χ4n) is 3.65. The third-order valence-corrected chi connectivity index (χ3v) is 6.29. The van der Waals surface area contributed by atoms with Crippen molar-refractivity contribution < 1.29 is 27.4 Å². The number of fused-ring (bicyclic) bond motifs is 1. The van der Waals surface area contributed by atoms with Gasteiger partial charge in [0.05, 0.1) is 16.1 Å². The number of benzene rings is 2. The number of nitrogens with zero attached hydrogens (tertiary/aromatic N) is 3. The van der Waals surface area contributed by atoms with Gasteiger partial charge in [-0.1, -0.05) is 12.0 Å². The van der Waals surface area contributed by atoms with E-state index in [1.54, 1.807) is 24.3 Å². The normalized spacial score (nSPS) is 11.4. The van der Waals surface area contributed by atoms with Gasteiger partial charge in [0.15, 0.2) is 13.2 Å². The average molecular weight is 529 g/mol. The fraction of sp³-hybridized carbons (Fsp3) is 0.200. The molecule has 0 atom stereocenters. The Morgan fingerprint density at radius 1 is 1.16 bits per heavy atom. The minimum Gasteiger partial charge on any atom is -0.482 e. The van der Waals surface area contributed by atoms with Crippen LogP contribution < -0.4 is 16.0 Å². The first-order valence-corrected chi connectivity index (χ1v) is 11.4. The Hall–Kier alpha value is -4.37. The highest BCUT2D eigenvalue weighted by atomic mass is 32.1. The van der Waals surface area contributed by atoms with Gasteiger partial charge in [-0.3, -0.25) is 9.36 Å². The summed E-state index contributed by atoms with van der Waals surface area (Å²) < 4.78 is 56.2. The van der Waals surface area contributed by atoms with Gasteiger partial charge in [0.1, 0.15) is 11.4 Å². The Morgan fingerprint density at radius 3 is 2.62 bits per heavy atom. The van der Waals surface area contributed by atoms with Crippen molar-refractivity contribution in [3.05, 3.63) is 74.6 Å². The van der Waals surface area contributed by atoms with Crippen LogP contribution in [-0.4, -0.2) is 32.7 Å². The number of hydrogen-bond acceptors (Lipinski definition) is 7. The summed E-state index contributed by atoms with van der Waals surface area (Å²) in [4.78, 5) is 37.0. The number of carbonyl (C=O) groups excluding carboxylic acids is 1. The molecule has 0 aliphatic rings. The second-order valence-corrected chi connectivity index (χ2v) is 8.69. The minimum absolute atomic E-state index is 0.0922. The Morgan fingerprint density at radius 2 is 1.92 bits per heavy atom. The van der Waals surface area contributed by atoms with Gasteiger partial charge in [0, 0.05) is 24.1 Å². The lowest BCUT2D eigenvalue weighted by molar-refractivity contribution is -0.145. The fourth-order valence-corrected chi connectivity index (χ4v) is 4.42. The summed E-state index contributed by atoms with van der Waals surface area (Å²) >= 11 is 1.17. The smallest absolute Gasteiger partial charge is 0.431 e. The Balaban J connectivity index is 1.76. The SMILES string of the molecule is C#CCOC(=O)COc1ccc(C)c(-c2nsc3ccc(-n4c(=O)cc(C(F)(F)F)n(C)c4=O)cc23)c1. The number of rotatable bonds is 6. The van der Waals surface area contributed by atoms with Crippen LogP contribution >= 0.6 is 11.5 Å². The molecular weight excluding hydrogens is 511 g/mol. The van der Waals surface area contributed by atoms with Crippen molar-refractivity contribution in [1.82, 2.24) is 13.5 Å². The molecule has 8 nitrogen and oxygen atoms in total. The highest BCUT2D eigenvalue weighted by Gasteiger charge is 2.35. The van der Waals surface area contributed by atoms with Crippen molar-refractivity contribution in [1.29, 1.82) is 0 Å². The van der Waals surface area contributed by atoms with E-state index in [2.05, 4.69) is 10.3 Å². The lowest BCUT2D eigenvalue weighted by Gasteiger charge is -2.14. The molecule has 2 aromatic carbocycles.